The van der Waals surface area contributed by atoms with E-state index in [1.54, 1.807) is 18.2 Å². The van der Waals surface area contributed by atoms with Crippen LogP contribution in [0.3, 0.4) is 0 Å². The lowest BCUT2D eigenvalue weighted by Crippen LogP contribution is -2.30. The number of unbranched alkanes of at least 4 members (excludes halogenated alkanes) is 2. The molecule has 0 aliphatic carbocycles. The molecule has 1 N–H and O–H groups in total. The van der Waals surface area contributed by atoms with E-state index in [4.69, 9.17) is 4.74 Å². The van der Waals surface area contributed by atoms with Crippen molar-refractivity contribution < 1.29 is 19.1 Å². The van der Waals surface area contributed by atoms with Gasteiger partial charge in [-0.05, 0) is 31.4 Å². The zero-order valence-corrected chi connectivity index (χ0v) is 16.7. The van der Waals surface area contributed by atoms with Gasteiger partial charge in [-0.25, -0.2) is 4.79 Å². The van der Waals surface area contributed by atoms with Gasteiger partial charge >= 0.3 is 5.97 Å². The van der Waals surface area contributed by atoms with Crippen LogP contribution in [-0.4, -0.2) is 54.7 Å². The molecule has 0 spiro atoms. The van der Waals surface area contributed by atoms with E-state index < -0.39 is 5.97 Å². The minimum atomic E-state index is -0.546. The number of ether oxygens (including phenoxy) is 1. The molecule has 2 amide bonds. The summed E-state index contributed by atoms with van der Waals surface area (Å²) in [6.45, 7) is 4.02. The number of rotatable bonds is 10. The molecule has 1 aromatic rings. The van der Waals surface area contributed by atoms with E-state index in [1.807, 2.05) is 11.0 Å². The van der Waals surface area contributed by atoms with Gasteiger partial charge < -0.3 is 15.0 Å². The first-order valence-corrected chi connectivity index (χ1v) is 10.5. The molecule has 6 nitrogen and oxygen atoms in total. The number of carbonyl (C=O) groups excluding carboxylic acids is 3. The third-order valence-electron chi connectivity index (χ3n) is 4.35. The Bertz CT molecular complexity index is 645. The van der Waals surface area contributed by atoms with E-state index >= 15 is 0 Å². The number of benzene rings is 1. The van der Waals surface area contributed by atoms with Crippen LogP contribution in [0.15, 0.2) is 29.2 Å². The molecular weight excluding hydrogens is 364 g/mol. The number of likely N-dealkylation sites (tertiary alicyclic amines) is 1. The molecule has 1 aliphatic heterocycles. The molecule has 1 saturated heterocycles. The lowest BCUT2D eigenvalue weighted by molar-refractivity contribution is -0.127. The highest BCUT2D eigenvalue weighted by molar-refractivity contribution is 8.00. The first kappa shape index (κ1) is 21.3. The third kappa shape index (κ3) is 7.25. The number of amides is 2. The summed E-state index contributed by atoms with van der Waals surface area (Å²) in [5, 5.41) is 2.74. The van der Waals surface area contributed by atoms with Crippen molar-refractivity contribution in [3.63, 3.8) is 0 Å². The number of hydrogen-bond acceptors (Lipinski definition) is 5. The summed E-state index contributed by atoms with van der Waals surface area (Å²) < 4.78 is 5.13. The monoisotopic (exact) mass is 392 g/mol. The fourth-order valence-corrected chi connectivity index (χ4v) is 3.76. The number of esters is 1. The Kier molecular flexibility index (Phi) is 9.18. The van der Waals surface area contributed by atoms with E-state index in [2.05, 4.69) is 12.2 Å². The summed E-state index contributed by atoms with van der Waals surface area (Å²) in [5.41, 5.74) is 0.385. The standard InChI is InChI=1S/C20H28N2O4S/c1-2-3-6-11-21-18(23)14-26-20(25)16-9-4-5-10-17(16)27-15-19(24)22-12-7-8-13-22/h4-5,9-10H,2-3,6-8,11-15H2,1H3,(H,21,23). The van der Waals surface area contributed by atoms with Gasteiger partial charge in [-0.3, -0.25) is 9.59 Å². The van der Waals surface area contributed by atoms with Crippen LogP contribution < -0.4 is 5.32 Å². The van der Waals surface area contributed by atoms with E-state index in [0.29, 0.717) is 22.8 Å². The van der Waals surface area contributed by atoms with Gasteiger partial charge in [0.05, 0.1) is 11.3 Å². The summed E-state index contributed by atoms with van der Waals surface area (Å²) in [6, 6.07) is 7.02. The summed E-state index contributed by atoms with van der Waals surface area (Å²) >= 11 is 1.33. The minimum absolute atomic E-state index is 0.0899. The predicted molar refractivity (Wildman–Crippen MR) is 106 cm³/mol. The second-order valence-electron chi connectivity index (χ2n) is 6.51. The lowest BCUT2D eigenvalue weighted by atomic mass is 10.2. The number of nitrogens with zero attached hydrogens (tertiary/aromatic N) is 1. The van der Waals surface area contributed by atoms with Crippen LogP contribution in [0.5, 0.6) is 0 Å². The van der Waals surface area contributed by atoms with Crippen molar-refractivity contribution in [1.29, 1.82) is 0 Å². The number of nitrogens with one attached hydrogen (secondary N) is 1. The smallest absolute Gasteiger partial charge is 0.339 e. The van der Waals surface area contributed by atoms with Gasteiger partial charge in [-0.1, -0.05) is 31.9 Å². The summed E-state index contributed by atoms with van der Waals surface area (Å²) in [7, 11) is 0. The molecular formula is C20H28N2O4S. The zero-order chi connectivity index (χ0) is 19.5. The quantitative estimate of drug-likeness (QED) is 0.376. The molecule has 0 atom stereocenters. The maximum atomic E-state index is 12.3. The fraction of sp³-hybridized carbons (Fsp3) is 0.550. The molecule has 0 unspecified atom stereocenters. The molecule has 0 saturated carbocycles. The van der Waals surface area contributed by atoms with Crippen molar-refractivity contribution >= 4 is 29.5 Å². The molecule has 1 aliphatic rings. The molecule has 7 heteroatoms. The largest absolute Gasteiger partial charge is 0.452 e. The van der Waals surface area contributed by atoms with Gasteiger partial charge in [0.2, 0.25) is 5.91 Å². The van der Waals surface area contributed by atoms with Crippen molar-refractivity contribution in [2.45, 2.75) is 43.9 Å². The number of carbonyl (C=O) groups is 3. The van der Waals surface area contributed by atoms with Crippen LogP contribution in [0, 0.1) is 0 Å². The zero-order valence-electron chi connectivity index (χ0n) is 15.9. The summed E-state index contributed by atoms with van der Waals surface area (Å²) in [4.78, 5) is 38.8. The SMILES string of the molecule is CCCCCNC(=O)COC(=O)c1ccccc1SCC(=O)N1CCCC1. The summed E-state index contributed by atoms with van der Waals surface area (Å²) in [6.07, 6.45) is 5.17. The highest BCUT2D eigenvalue weighted by Gasteiger charge is 2.20. The van der Waals surface area contributed by atoms with Crippen molar-refractivity contribution in [3.05, 3.63) is 29.8 Å². The first-order valence-electron chi connectivity index (χ1n) is 9.55. The number of thioether (sulfide) groups is 1. The first-order chi connectivity index (χ1) is 13.1. The second kappa shape index (κ2) is 11.6. The second-order valence-corrected chi connectivity index (χ2v) is 7.52. The van der Waals surface area contributed by atoms with Crippen LogP contribution in [0.25, 0.3) is 0 Å². The molecule has 0 bridgehead atoms. The van der Waals surface area contributed by atoms with E-state index in [0.717, 1.165) is 45.2 Å². The Morgan fingerprint density at radius 2 is 1.89 bits per heavy atom. The Morgan fingerprint density at radius 1 is 1.15 bits per heavy atom. The van der Waals surface area contributed by atoms with Crippen LogP contribution in [0.1, 0.15) is 49.4 Å². The van der Waals surface area contributed by atoms with Crippen molar-refractivity contribution in [3.8, 4) is 0 Å². The van der Waals surface area contributed by atoms with E-state index in [1.165, 1.54) is 11.8 Å². The molecule has 0 aromatic heterocycles. The molecule has 1 heterocycles. The molecule has 1 fully saturated rings. The molecule has 2 rings (SSSR count). The molecule has 27 heavy (non-hydrogen) atoms. The van der Waals surface area contributed by atoms with Gasteiger partial charge in [0.15, 0.2) is 6.61 Å². The Morgan fingerprint density at radius 3 is 2.63 bits per heavy atom. The average Bonchev–Trinajstić information content (AvgIpc) is 3.23. The summed E-state index contributed by atoms with van der Waals surface area (Å²) in [5.74, 6) is -0.460. The molecule has 0 radical (unpaired) electrons. The normalized spacial score (nSPS) is 13.4. The maximum absolute atomic E-state index is 12.3. The topological polar surface area (TPSA) is 75.7 Å². The fourth-order valence-electron chi connectivity index (χ4n) is 2.82. The van der Waals surface area contributed by atoms with Crippen LogP contribution in [-0.2, 0) is 14.3 Å². The van der Waals surface area contributed by atoms with Gasteiger partial charge in [0, 0.05) is 24.5 Å². The van der Waals surface area contributed by atoms with Crippen LogP contribution in [0.4, 0.5) is 0 Å². The highest BCUT2D eigenvalue weighted by atomic mass is 32.2. The van der Waals surface area contributed by atoms with Gasteiger partial charge in [0.1, 0.15) is 0 Å². The average molecular weight is 393 g/mol. The predicted octanol–water partition coefficient (Wildman–Crippen LogP) is 2.86. The third-order valence-corrected chi connectivity index (χ3v) is 5.41. The van der Waals surface area contributed by atoms with Gasteiger partial charge in [0.25, 0.3) is 5.91 Å². The van der Waals surface area contributed by atoms with Crippen molar-refractivity contribution in [1.82, 2.24) is 10.2 Å². The van der Waals surface area contributed by atoms with Crippen molar-refractivity contribution in [2.75, 3.05) is 32.0 Å². The maximum Gasteiger partial charge on any atom is 0.339 e. The van der Waals surface area contributed by atoms with Gasteiger partial charge in [-0.2, -0.15) is 0 Å². The lowest BCUT2D eigenvalue weighted by Gasteiger charge is -2.15. The Balaban J connectivity index is 1.81. The van der Waals surface area contributed by atoms with Crippen LogP contribution >= 0.6 is 11.8 Å². The molecule has 148 valence electrons. The molecule has 1 aromatic carbocycles. The Hall–Kier alpha value is -2.02. The van der Waals surface area contributed by atoms with Crippen LogP contribution in [0.2, 0.25) is 0 Å². The highest BCUT2D eigenvalue weighted by Crippen LogP contribution is 2.24. The minimum Gasteiger partial charge on any atom is -0.452 e. The van der Waals surface area contributed by atoms with E-state index in [-0.39, 0.29) is 18.4 Å². The van der Waals surface area contributed by atoms with E-state index in [9.17, 15) is 14.4 Å². The Labute approximate surface area is 165 Å². The number of hydrogen-bond donors (Lipinski definition) is 1. The van der Waals surface area contributed by atoms with Crippen molar-refractivity contribution in [2.24, 2.45) is 0 Å². The van der Waals surface area contributed by atoms with Gasteiger partial charge in [-0.15, -0.1) is 11.8 Å².